The van der Waals surface area contributed by atoms with Gasteiger partial charge in [0.1, 0.15) is 12.4 Å². The van der Waals surface area contributed by atoms with Gasteiger partial charge in [-0.15, -0.1) is 10.2 Å². The normalized spacial score (nSPS) is 12.3. The Morgan fingerprint density at radius 3 is 2.72 bits per heavy atom. The zero-order valence-corrected chi connectivity index (χ0v) is 18.9. The highest BCUT2D eigenvalue weighted by Gasteiger charge is 2.19. The molecule has 0 aliphatic carbocycles. The summed E-state index contributed by atoms with van der Waals surface area (Å²) in [4.78, 5) is 4.70. The maximum atomic E-state index is 6.13. The number of nitrogens with one attached hydrogen (secondary N) is 2. The molecule has 29 heavy (non-hydrogen) atoms. The number of methoxy groups -OCH3 is 1. The van der Waals surface area contributed by atoms with Crippen molar-refractivity contribution in [2.75, 3.05) is 26.8 Å². The predicted octanol–water partition coefficient (Wildman–Crippen LogP) is 3.12. The van der Waals surface area contributed by atoms with Crippen LogP contribution in [0.5, 0.6) is 0 Å². The molecule has 0 saturated heterocycles. The molecule has 0 aliphatic heterocycles. The van der Waals surface area contributed by atoms with Gasteiger partial charge < -0.3 is 19.9 Å². The molecule has 0 fully saturated rings. The second-order valence-electron chi connectivity index (χ2n) is 7.98. The monoisotopic (exact) mass is 420 g/mol. The van der Waals surface area contributed by atoms with Gasteiger partial charge in [0.05, 0.1) is 0 Å². The largest absolute Gasteiger partial charge is 0.385 e. The minimum Gasteiger partial charge on any atom is -0.385 e. The van der Waals surface area contributed by atoms with E-state index in [9.17, 15) is 0 Å². The van der Waals surface area contributed by atoms with Gasteiger partial charge in [-0.2, -0.15) is 0 Å². The number of nitrogens with zero attached hydrogens (tertiary/aromatic N) is 4. The minimum absolute atomic E-state index is 0.0288. The highest BCUT2D eigenvalue weighted by molar-refractivity contribution is 6.30. The Hall–Kier alpha value is -2.12. The van der Waals surface area contributed by atoms with E-state index in [0.29, 0.717) is 13.2 Å². The average molecular weight is 421 g/mol. The standard InChI is InChI=1S/C21H33ClN6O/c1-16-26-27-19(28(16)4)14-24-20(23-10-7-11-29-5)25-15-21(2,3)13-17-8-6-9-18(22)12-17/h6,8-9,12H,7,10-11,13-15H2,1-5H3,(H2,23,24,25). The van der Waals surface area contributed by atoms with Gasteiger partial charge in [-0.05, 0) is 42.9 Å². The molecule has 1 aromatic carbocycles. The molecular weight excluding hydrogens is 388 g/mol. The van der Waals surface area contributed by atoms with Crippen LogP contribution in [0.15, 0.2) is 29.3 Å². The van der Waals surface area contributed by atoms with E-state index in [1.54, 1.807) is 7.11 Å². The zero-order chi connectivity index (χ0) is 21.3. The number of aryl methyl sites for hydroxylation is 1. The van der Waals surface area contributed by atoms with Crippen LogP contribution in [0, 0.1) is 12.3 Å². The Labute approximate surface area is 178 Å². The van der Waals surface area contributed by atoms with Gasteiger partial charge in [0.2, 0.25) is 0 Å². The topological polar surface area (TPSA) is 76.4 Å². The molecule has 1 heterocycles. The fourth-order valence-electron chi connectivity index (χ4n) is 2.92. The lowest BCUT2D eigenvalue weighted by Crippen LogP contribution is -2.43. The molecule has 0 saturated carbocycles. The SMILES string of the molecule is COCCCNC(=NCc1nnc(C)n1C)NCC(C)(C)Cc1cccc(Cl)c1. The number of hydrogen-bond acceptors (Lipinski definition) is 4. The molecule has 8 heteroatoms. The zero-order valence-electron chi connectivity index (χ0n) is 18.1. The summed E-state index contributed by atoms with van der Waals surface area (Å²) in [7, 11) is 3.66. The summed E-state index contributed by atoms with van der Waals surface area (Å²) in [5.74, 6) is 2.47. The Bertz CT molecular complexity index is 802. The third kappa shape index (κ3) is 8.03. The van der Waals surface area contributed by atoms with Crippen LogP contribution in [0.2, 0.25) is 5.02 Å². The fourth-order valence-corrected chi connectivity index (χ4v) is 3.13. The minimum atomic E-state index is 0.0288. The molecule has 0 unspecified atom stereocenters. The van der Waals surface area contributed by atoms with Crippen LogP contribution in [0.3, 0.4) is 0 Å². The van der Waals surface area contributed by atoms with Gasteiger partial charge >= 0.3 is 0 Å². The molecule has 0 bridgehead atoms. The number of hydrogen-bond donors (Lipinski definition) is 2. The average Bonchev–Trinajstić information content (AvgIpc) is 2.98. The smallest absolute Gasteiger partial charge is 0.191 e. The second kappa shape index (κ2) is 11.2. The first-order valence-corrected chi connectivity index (χ1v) is 10.3. The van der Waals surface area contributed by atoms with Crippen LogP contribution in [0.4, 0.5) is 0 Å². The summed E-state index contributed by atoms with van der Waals surface area (Å²) >= 11 is 6.13. The molecule has 0 aliphatic rings. The fraction of sp³-hybridized carbons (Fsp3) is 0.571. The van der Waals surface area contributed by atoms with Crippen molar-refractivity contribution in [3.8, 4) is 0 Å². The second-order valence-corrected chi connectivity index (χ2v) is 8.42. The van der Waals surface area contributed by atoms with Crippen molar-refractivity contribution in [1.29, 1.82) is 0 Å². The van der Waals surface area contributed by atoms with E-state index in [2.05, 4.69) is 40.7 Å². The first-order valence-electron chi connectivity index (χ1n) is 9.91. The summed E-state index contributed by atoms with van der Waals surface area (Å²) in [6.07, 6.45) is 1.83. The van der Waals surface area contributed by atoms with Crippen LogP contribution in [0.1, 0.15) is 37.5 Å². The van der Waals surface area contributed by atoms with Crippen molar-refractivity contribution in [3.05, 3.63) is 46.5 Å². The lowest BCUT2D eigenvalue weighted by molar-refractivity contribution is 0.195. The van der Waals surface area contributed by atoms with Gasteiger partial charge in [-0.1, -0.05) is 37.6 Å². The Morgan fingerprint density at radius 1 is 1.28 bits per heavy atom. The Balaban J connectivity index is 1.99. The highest BCUT2D eigenvalue weighted by atomic mass is 35.5. The third-order valence-electron chi connectivity index (χ3n) is 4.69. The maximum Gasteiger partial charge on any atom is 0.191 e. The van der Waals surface area contributed by atoms with Crippen LogP contribution in [-0.2, 0) is 24.8 Å². The van der Waals surface area contributed by atoms with Gasteiger partial charge in [0.15, 0.2) is 11.8 Å². The predicted molar refractivity (Wildman–Crippen MR) is 118 cm³/mol. The molecule has 1 aromatic heterocycles. The molecular formula is C21H33ClN6O. The van der Waals surface area contributed by atoms with Crippen molar-refractivity contribution in [3.63, 3.8) is 0 Å². The molecule has 7 nitrogen and oxygen atoms in total. The molecule has 2 aromatic rings. The van der Waals surface area contributed by atoms with Crippen LogP contribution < -0.4 is 10.6 Å². The first-order chi connectivity index (χ1) is 13.8. The summed E-state index contributed by atoms with van der Waals surface area (Å²) in [5, 5.41) is 15.9. The summed E-state index contributed by atoms with van der Waals surface area (Å²) in [6.45, 7) is 9.13. The molecule has 0 amide bonds. The molecule has 0 radical (unpaired) electrons. The lowest BCUT2D eigenvalue weighted by atomic mass is 9.86. The number of benzene rings is 1. The van der Waals surface area contributed by atoms with Gasteiger partial charge in [0.25, 0.3) is 0 Å². The third-order valence-corrected chi connectivity index (χ3v) is 4.92. The quantitative estimate of drug-likeness (QED) is 0.351. The lowest BCUT2D eigenvalue weighted by Gasteiger charge is -2.26. The van der Waals surface area contributed by atoms with Crippen LogP contribution in [-0.4, -0.2) is 47.5 Å². The van der Waals surface area contributed by atoms with E-state index in [4.69, 9.17) is 21.3 Å². The number of aromatic nitrogens is 3. The summed E-state index contributed by atoms with van der Waals surface area (Å²) < 4.78 is 7.08. The number of guanidine groups is 1. The van der Waals surface area contributed by atoms with Gasteiger partial charge in [0, 0.05) is 38.9 Å². The molecule has 2 rings (SSSR count). The van der Waals surface area contributed by atoms with Crippen molar-refractivity contribution in [2.45, 2.75) is 40.2 Å². The van der Waals surface area contributed by atoms with Crippen molar-refractivity contribution in [2.24, 2.45) is 17.5 Å². The molecule has 0 spiro atoms. The van der Waals surface area contributed by atoms with Crippen LogP contribution >= 0.6 is 11.6 Å². The van der Waals surface area contributed by atoms with E-state index in [1.807, 2.05) is 36.7 Å². The van der Waals surface area contributed by atoms with E-state index in [1.165, 1.54) is 5.56 Å². The maximum absolute atomic E-state index is 6.13. The highest BCUT2D eigenvalue weighted by Crippen LogP contribution is 2.22. The first kappa shape index (κ1) is 23.2. The van der Waals surface area contributed by atoms with E-state index in [-0.39, 0.29) is 5.41 Å². The summed E-state index contributed by atoms with van der Waals surface area (Å²) in [6, 6.07) is 8.03. The summed E-state index contributed by atoms with van der Waals surface area (Å²) in [5.41, 5.74) is 1.26. The number of aliphatic imine (C=N–C) groups is 1. The number of ether oxygens (including phenoxy) is 1. The van der Waals surface area contributed by atoms with Crippen molar-refractivity contribution in [1.82, 2.24) is 25.4 Å². The number of rotatable bonds is 10. The molecule has 2 N–H and O–H groups in total. The van der Waals surface area contributed by atoms with E-state index in [0.717, 1.165) is 48.6 Å². The van der Waals surface area contributed by atoms with Crippen LogP contribution in [0.25, 0.3) is 0 Å². The molecule has 0 atom stereocenters. The molecule has 160 valence electrons. The van der Waals surface area contributed by atoms with E-state index < -0.39 is 0 Å². The van der Waals surface area contributed by atoms with Crippen molar-refractivity contribution >= 4 is 17.6 Å². The van der Waals surface area contributed by atoms with Gasteiger partial charge in [-0.3, -0.25) is 0 Å². The Morgan fingerprint density at radius 2 is 2.07 bits per heavy atom. The van der Waals surface area contributed by atoms with Gasteiger partial charge in [-0.25, -0.2) is 4.99 Å². The Kier molecular flexibility index (Phi) is 8.92. The van der Waals surface area contributed by atoms with Crippen molar-refractivity contribution < 1.29 is 4.74 Å². The number of halogens is 1. The van der Waals surface area contributed by atoms with E-state index >= 15 is 0 Å².